The first-order chi connectivity index (χ1) is 15.8. The SMILES string of the molecule is COCn1cc(-n2c(C)c(C(=O)Nc3ccc(C(=O)O)cc3)c3cc(OC)c(Cl)cc32)cn1. The number of hydrogen-bond donors (Lipinski definition) is 2. The minimum atomic E-state index is -1.04. The quantitative estimate of drug-likeness (QED) is 0.417. The lowest BCUT2D eigenvalue weighted by molar-refractivity contribution is 0.0696. The van der Waals surface area contributed by atoms with Crippen LogP contribution in [0.25, 0.3) is 16.6 Å². The van der Waals surface area contributed by atoms with E-state index in [9.17, 15) is 9.59 Å². The standard InChI is InChI=1S/C23H21ClN4O5/c1-13-21(22(29)26-15-6-4-14(5-7-15)23(30)31)17-8-20(33-3)18(24)9-19(17)28(13)16-10-25-27(11-16)12-32-2/h4-11H,12H2,1-3H3,(H,26,29)(H,30,31). The van der Waals surface area contributed by atoms with Crippen molar-refractivity contribution in [1.82, 2.24) is 14.3 Å². The molecule has 0 aliphatic carbocycles. The number of carbonyl (C=O) groups is 2. The molecule has 0 spiro atoms. The summed E-state index contributed by atoms with van der Waals surface area (Å²) >= 11 is 6.40. The number of ether oxygens (including phenoxy) is 2. The molecule has 0 aliphatic rings. The summed E-state index contributed by atoms with van der Waals surface area (Å²) in [6.07, 6.45) is 3.48. The highest BCUT2D eigenvalue weighted by atomic mass is 35.5. The second-order valence-electron chi connectivity index (χ2n) is 7.29. The Morgan fingerprint density at radius 2 is 1.91 bits per heavy atom. The maximum Gasteiger partial charge on any atom is 0.335 e. The number of carboxylic acid groups (broad SMARTS) is 1. The van der Waals surface area contributed by atoms with E-state index >= 15 is 0 Å². The van der Waals surface area contributed by atoms with Gasteiger partial charge in [-0.05, 0) is 43.3 Å². The first kappa shape index (κ1) is 22.4. The minimum absolute atomic E-state index is 0.133. The molecule has 2 heterocycles. The summed E-state index contributed by atoms with van der Waals surface area (Å²) in [7, 11) is 3.09. The summed E-state index contributed by atoms with van der Waals surface area (Å²) in [5, 5.41) is 17.3. The summed E-state index contributed by atoms with van der Waals surface area (Å²) in [6, 6.07) is 9.42. The number of benzene rings is 2. The number of aromatic carboxylic acids is 1. The van der Waals surface area contributed by atoms with Crippen molar-refractivity contribution in [2.45, 2.75) is 13.7 Å². The van der Waals surface area contributed by atoms with Crippen LogP contribution >= 0.6 is 11.6 Å². The molecule has 0 fully saturated rings. The van der Waals surface area contributed by atoms with Crippen LogP contribution in [-0.4, -0.2) is 45.6 Å². The fourth-order valence-electron chi connectivity index (χ4n) is 3.75. The second-order valence-corrected chi connectivity index (χ2v) is 7.70. The van der Waals surface area contributed by atoms with Crippen LogP contribution in [0, 0.1) is 6.92 Å². The van der Waals surface area contributed by atoms with E-state index in [0.29, 0.717) is 38.6 Å². The van der Waals surface area contributed by atoms with Crippen LogP contribution in [0.3, 0.4) is 0 Å². The molecule has 0 unspecified atom stereocenters. The van der Waals surface area contributed by atoms with Gasteiger partial charge in [0, 0.05) is 23.9 Å². The molecular formula is C23H21ClN4O5. The number of nitrogens with zero attached hydrogens (tertiary/aromatic N) is 3. The lowest BCUT2D eigenvalue weighted by atomic mass is 10.1. The van der Waals surface area contributed by atoms with Crippen molar-refractivity contribution >= 4 is 40.1 Å². The molecule has 0 saturated heterocycles. The molecule has 170 valence electrons. The van der Waals surface area contributed by atoms with Crippen LogP contribution < -0.4 is 10.1 Å². The molecule has 2 N–H and O–H groups in total. The van der Waals surface area contributed by atoms with Crippen molar-refractivity contribution in [3.63, 3.8) is 0 Å². The van der Waals surface area contributed by atoms with Crippen LogP contribution in [0.4, 0.5) is 5.69 Å². The normalized spacial score (nSPS) is 11.0. The molecular weight excluding hydrogens is 448 g/mol. The van der Waals surface area contributed by atoms with Gasteiger partial charge in [0.25, 0.3) is 5.91 Å². The molecule has 0 bridgehead atoms. The van der Waals surface area contributed by atoms with Crippen molar-refractivity contribution in [2.24, 2.45) is 0 Å². The molecule has 0 atom stereocenters. The van der Waals surface area contributed by atoms with E-state index in [1.165, 1.54) is 19.2 Å². The first-order valence-electron chi connectivity index (χ1n) is 9.89. The molecule has 4 rings (SSSR count). The van der Waals surface area contributed by atoms with Gasteiger partial charge in [-0.1, -0.05) is 11.6 Å². The van der Waals surface area contributed by atoms with Crippen LogP contribution in [-0.2, 0) is 11.5 Å². The van der Waals surface area contributed by atoms with Gasteiger partial charge < -0.3 is 24.5 Å². The molecule has 9 nitrogen and oxygen atoms in total. The minimum Gasteiger partial charge on any atom is -0.495 e. The maximum atomic E-state index is 13.3. The van der Waals surface area contributed by atoms with E-state index in [1.807, 2.05) is 11.5 Å². The lowest BCUT2D eigenvalue weighted by Crippen LogP contribution is -2.13. The Kier molecular flexibility index (Phi) is 6.08. The number of methoxy groups -OCH3 is 2. The van der Waals surface area contributed by atoms with Crippen LogP contribution in [0.15, 0.2) is 48.8 Å². The zero-order valence-electron chi connectivity index (χ0n) is 18.1. The van der Waals surface area contributed by atoms with Gasteiger partial charge in [-0.25, -0.2) is 9.48 Å². The zero-order valence-corrected chi connectivity index (χ0v) is 18.9. The average molecular weight is 469 g/mol. The number of halogens is 1. The number of amides is 1. The summed E-state index contributed by atoms with van der Waals surface area (Å²) in [5.74, 6) is -0.950. The third-order valence-corrected chi connectivity index (χ3v) is 5.53. The molecule has 0 aliphatic heterocycles. The first-order valence-corrected chi connectivity index (χ1v) is 10.3. The summed E-state index contributed by atoms with van der Waals surface area (Å²) < 4.78 is 14.0. The number of rotatable bonds is 7. The smallest absolute Gasteiger partial charge is 0.335 e. The summed E-state index contributed by atoms with van der Waals surface area (Å²) in [4.78, 5) is 24.4. The second kappa shape index (κ2) is 8.97. The highest BCUT2D eigenvalue weighted by Crippen LogP contribution is 2.36. The Balaban J connectivity index is 1.83. The van der Waals surface area contributed by atoms with E-state index in [0.717, 1.165) is 5.69 Å². The Morgan fingerprint density at radius 1 is 1.18 bits per heavy atom. The van der Waals surface area contributed by atoms with Crippen molar-refractivity contribution in [3.05, 3.63) is 70.6 Å². The van der Waals surface area contributed by atoms with Crippen molar-refractivity contribution < 1.29 is 24.2 Å². The van der Waals surface area contributed by atoms with E-state index in [1.54, 1.807) is 48.5 Å². The number of carboxylic acids is 1. The predicted molar refractivity (Wildman–Crippen MR) is 124 cm³/mol. The number of fused-ring (bicyclic) bond motifs is 1. The molecule has 1 amide bonds. The monoisotopic (exact) mass is 468 g/mol. The van der Waals surface area contributed by atoms with Gasteiger partial charge >= 0.3 is 5.97 Å². The summed E-state index contributed by atoms with van der Waals surface area (Å²) in [6.45, 7) is 2.11. The van der Waals surface area contributed by atoms with Gasteiger partial charge in [-0.15, -0.1) is 0 Å². The molecule has 0 radical (unpaired) electrons. The van der Waals surface area contributed by atoms with Crippen molar-refractivity contribution in [2.75, 3.05) is 19.5 Å². The highest BCUT2D eigenvalue weighted by molar-refractivity contribution is 6.33. The van der Waals surface area contributed by atoms with E-state index in [4.69, 9.17) is 26.2 Å². The van der Waals surface area contributed by atoms with E-state index in [2.05, 4.69) is 10.4 Å². The zero-order chi connectivity index (χ0) is 23.7. The molecule has 0 saturated carbocycles. The predicted octanol–water partition coefficient (Wildman–Crippen LogP) is 4.35. The number of aromatic nitrogens is 3. The largest absolute Gasteiger partial charge is 0.495 e. The Bertz CT molecular complexity index is 1360. The van der Waals surface area contributed by atoms with Crippen molar-refractivity contribution in [3.8, 4) is 11.4 Å². The fourth-order valence-corrected chi connectivity index (χ4v) is 3.99. The van der Waals surface area contributed by atoms with Gasteiger partial charge in [0.1, 0.15) is 12.5 Å². The maximum absolute atomic E-state index is 13.3. The highest BCUT2D eigenvalue weighted by Gasteiger charge is 2.23. The number of carbonyl (C=O) groups excluding carboxylic acids is 1. The number of nitrogens with one attached hydrogen (secondary N) is 1. The van der Waals surface area contributed by atoms with Gasteiger partial charge in [0.05, 0.1) is 46.9 Å². The van der Waals surface area contributed by atoms with Crippen LogP contribution in [0.2, 0.25) is 5.02 Å². The average Bonchev–Trinajstić information content (AvgIpc) is 3.34. The Morgan fingerprint density at radius 3 is 2.55 bits per heavy atom. The summed E-state index contributed by atoms with van der Waals surface area (Å²) in [5.41, 5.74) is 3.15. The lowest BCUT2D eigenvalue weighted by Gasteiger charge is -2.07. The third-order valence-electron chi connectivity index (χ3n) is 5.23. The fraction of sp³-hybridized carbons (Fsp3) is 0.174. The third kappa shape index (κ3) is 4.15. The van der Waals surface area contributed by atoms with E-state index < -0.39 is 5.97 Å². The molecule has 4 aromatic rings. The van der Waals surface area contributed by atoms with Gasteiger partial charge in [0.15, 0.2) is 0 Å². The van der Waals surface area contributed by atoms with Crippen molar-refractivity contribution in [1.29, 1.82) is 0 Å². The molecule has 10 heteroatoms. The van der Waals surface area contributed by atoms with Gasteiger partial charge in [0.2, 0.25) is 0 Å². The van der Waals surface area contributed by atoms with Gasteiger partial charge in [-0.2, -0.15) is 5.10 Å². The number of hydrogen-bond acceptors (Lipinski definition) is 5. The van der Waals surface area contributed by atoms with Crippen LogP contribution in [0.5, 0.6) is 5.75 Å². The topological polar surface area (TPSA) is 108 Å². The molecule has 33 heavy (non-hydrogen) atoms. The Hall–Kier alpha value is -3.82. The molecule has 2 aromatic carbocycles. The molecule has 2 aromatic heterocycles. The van der Waals surface area contributed by atoms with E-state index in [-0.39, 0.29) is 18.2 Å². The Labute approximate surface area is 194 Å². The van der Waals surface area contributed by atoms with Crippen LogP contribution in [0.1, 0.15) is 26.4 Å². The number of anilines is 1. The van der Waals surface area contributed by atoms with Gasteiger partial charge in [-0.3, -0.25) is 4.79 Å².